The predicted octanol–water partition coefficient (Wildman–Crippen LogP) is 1.68. The summed E-state index contributed by atoms with van der Waals surface area (Å²) in [6.07, 6.45) is 0. The van der Waals surface area contributed by atoms with E-state index in [1.807, 2.05) is 0 Å². The van der Waals surface area contributed by atoms with E-state index in [0.717, 1.165) is 0 Å². The van der Waals surface area contributed by atoms with Crippen LogP contribution in [0.25, 0.3) is 0 Å². The third-order valence-corrected chi connectivity index (χ3v) is 2.06. The Hall–Kier alpha value is -1.58. The molecule has 0 fully saturated rings. The van der Waals surface area contributed by atoms with Crippen molar-refractivity contribution in [1.29, 1.82) is 0 Å². The standard InChI is InChI=1S/C11H14FNO2/c1-9(14)13(2)7-8-15-11-6-4-3-5-10(11)12/h3-6H,7-8H2,1-2H3. The van der Waals surface area contributed by atoms with Crippen molar-refractivity contribution < 1.29 is 13.9 Å². The van der Waals surface area contributed by atoms with Gasteiger partial charge in [0.2, 0.25) is 5.91 Å². The van der Waals surface area contributed by atoms with E-state index in [0.29, 0.717) is 6.54 Å². The lowest BCUT2D eigenvalue weighted by atomic mass is 10.3. The molecule has 4 heteroatoms. The Balaban J connectivity index is 2.38. The molecule has 0 aliphatic heterocycles. The van der Waals surface area contributed by atoms with Gasteiger partial charge in [0.1, 0.15) is 6.61 Å². The number of hydrogen-bond acceptors (Lipinski definition) is 2. The van der Waals surface area contributed by atoms with Crippen molar-refractivity contribution in [2.75, 3.05) is 20.2 Å². The fraction of sp³-hybridized carbons (Fsp3) is 0.364. The predicted molar refractivity (Wildman–Crippen MR) is 55.2 cm³/mol. The Kier molecular flexibility index (Phi) is 4.09. The van der Waals surface area contributed by atoms with Gasteiger partial charge in [0.25, 0.3) is 0 Å². The maximum Gasteiger partial charge on any atom is 0.219 e. The maximum absolute atomic E-state index is 13.1. The number of para-hydroxylation sites is 1. The molecule has 0 spiro atoms. The number of hydrogen-bond donors (Lipinski definition) is 0. The first-order valence-corrected chi connectivity index (χ1v) is 4.70. The molecule has 1 aromatic carbocycles. The average molecular weight is 211 g/mol. The molecule has 0 aliphatic rings. The normalized spacial score (nSPS) is 9.80. The van der Waals surface area contributed by atoms with E-state index in [4.69, 9.17) is 4.74 Å². The van der Waals surface area contributed by atoms with Crippen molar-refractivity contribution in [3.63, 3.8) is 0 Å². The van der Waals surface area contributed by atoms with Gasteiger partial charge in [-0.25, -0.2) is 4.39 Å². The van der Waals surface area contributed by atoms with Crippen molar-refractivity contribution in [3.8, 4) is 5.75 Å². The van der Waals surface area contributed by atoms with E-state index in [1.165, 1.54) is 17.9 Å². The van der Waals surface area contributed by atoms with Crippen molar-refractivity contribution in [1.82, 2.24) is 4.90 Å². The van der Waals surface area contributed by atoms with Gasteiger partial charge in [-0.3, -0.25) is 4.79 Å². The van der Waals surface area contributed by atoms with E-state index in [2.05, 4.69) is 0 Å². The van der Waals surface area contributed by atoms with Crippen LogP contribution in [-0.4, -0.2) is 31.0 Å². The van der Waals surface area contributed by atoms with Crippen LogP contribution in [0.4, 0.5) is 4.39 Å². The minimum Gasteiger partial charge on any atom is -0.489 e. The number of benzene rings is 1. The van der Waals surface area contributed by atoms with Crippen molar-refractivity contribution >= 4 is 5.91 Å². The van der Waals surface area contributed by atoms with Crippen LogP contribution in [0.15, 0.2) is 24.3 Å². The summed E-state index contributed by atoms with van der Waals surface area (Å²) < 4.78 is 18.3. The third kappa shape index (κ3) is 3.58. The zero-order chi connectivity index (χ0) is 11.3. The number of carbonyl (C=O) groups excluding carboxylic acids is 1. The van der Waals surface area contributed by atoms with Gasteiger partial charge in [0, 0.05) is 14.0 Å². The summed E-state index contributed by atoms with van der Waals surface area (Å²) in [7, 11) is 1.67. The molecule has 0 unspecified atom stereocenters. The van der Waals surface area contributed by atoms with Crippen LogP contribution < -0.4 is 4.74 Å². The Morgan fingerprint density at radius 3 is 2.73 bits per heavy atom. The molecule has 1 rings (SSSR count). The number of carbonyl (C=O) groups is 1. The highest BCUT2D eigenvalue weighted by molar-refractivity contribution is 5.72. The van der Waals surface area contributed by atoms with Gasteiger partial charge in [-0.2, -0.15) is 0 Å². The lowest BCUT2D eigenvalue weighted by Gasteiger charge is -2.15. The van der Waals surface area contributed by atoms with E-state index >= 15 is 0 Å². The van der Waals surface area contributed by atoms with E-state index in [1.54, 1.807) is 25.2 Å². The first-order valence-electron chi connectivity index (χ1n) is 4.70. The molecule has 82 valence electrons. The Morgan fingerprint density at radius 2 is 2.13 bits per heavy atom. The molecule has 0 saturated carbocycles. The van der Waals surface area contributed by atoms with E-state index < -0.39 is 0 Å². The van der Waals surface area contributed by atoms with Crippen LogP contribution in [0.5, 0.6) is 5.75 Å². The third-order valence-electron chi connectivity index (χ3n) is 2.06. The summed E-state index contributed by atoms with van der Waals surface area (Å²) in [4.78, 5) is 12.4. The first kappa shape index (κ1) is 11.5. The maximum atomic E-state index is 13.1. The van der Waals surface area contributed by atoms with Gasteiger partial charge in [-0.15, -0.1) is 0 Å². The second kappa shape index (κ2) is 5.34. The number of nitrogens with zero attached hydrogens (tertiary/aromatic N) is 1. The number of amides is 1. The molecule has 3 nitrogen and oxygen atoms in total. The average Bonchev–Trinajstić information content (AvgIpc) is 2.20. The van der Waals surface area contributed by atoms with Crippen LogP contribution in [0.3, 0.4) is 0 Å². The molecule has 0 heterocycles. The highest BCUT2D eigenvalue weighted by Gasteiger charge is 2.04. The molecular formula is C11H14FNO2. The van der Waals surface area contributed by atoms with Gasteiger partial charge in [-0.1, -0.05) is 12.1 Å². The lowest BCUT2D eigenvalue weighted by molar-refractivity contribution is -0.127. The fourth-order valence-electron chi connectivity index (χ4n) is 1.01. The number of ether oxygens (including phenoxy) is 1. The molecule has 1 amide bonds. The molecule has 15 heavy (non-hydrogen) atoms. The summed E-state index contributed by atoms with van der Waals surface area (Å²) in [6.45, 7) is 2.21. The summed E-state index contributed by atoms with van der Waals surface area (Å²) in [5.41, 5.74) is 0. The zero-order valence-corrected chi connectivity index (χ0v) is 8.87. The minimum absolute atomic E-state index is 0.0351. The molecule has 1 aromatic rings. The largest absolute Gasteiger partial charge is 0.489 e. The van der Waals surface area contributed by atoms with E-state index in [-0.39, 0.29) is 24.1 Å². The second-order valence-corrected chi connectivity index (χ2v) is 3.22. The molecule has 0 aliphatic carbocycles. The molecule has 0 atom stereocenters. The molecule has 0 radical (unpaired) electrons. The van der Waals surface area contributed by atoms with Crippen LogP contribution in [0.2, 0.25) is 0 Å². The quantitative estimate of drug-likeness (QED) is 0.758. The molecule has 0 N–H and O–H groups in total. The summed E-state index contributed by atoms with van der Waals surface area (Å²) in [6, 6.07) is 6.20. The van der Waals surface area contributed by atoms with Crippen molar-refractivity contribution in [2.45, 2.75) is 6.92 Å². The van der Waals surface area contributed by atoms with Gasteiger partial charge < -0.3 is 9.64 Å². The van der Waals surface area contributed by atoms with Gasteiger partial charge in [-0.05, 0) is 12.1 Å². The number of likely N-dealkylation sites (N-methyl/N-ethyl adjacent to an activating group) is 1. The van der Waals surface area contributed by atoms with Gasteiger partial charge >= 0.3 is 0 Å². The number of rotatable bonds is 4. The number of halogens is 1. The first-order chi connectivity index (χ1) is 7.11. The van der Waals surface area contributed by atoms with Crippen LogP contribution in [0, 0.1) is 5.82 Å². The molecule has 0 aromatic heterocycles. The van der Waals surface area contributed by atoms with Crippen LogP contribution in [-0.2, 0) is 4.79 Å². The van der Waals surface area contributed by atoms with Crippen molar-refractivity contribution in [2.24, 2.45) is 0 Å². The van der Waals surface area contributed by atoms with Crippen LogP contribution >= 0.6 is 0 Å². The highest BCUT2D eigenvalue weighted by atomic mass is 19.1. The lowest BCUT2D eigenvalue weighted by Crippen LogP contribution is -2.28. The fourth-order valence-corrected chi connectivity index (χ4v) is 1.01. The van der Waals surface area contributed by atoms with Gasteiger partial charge in [0.15, 0.2) is 11.6 Å². The van der Waals surface area contributed by atoms with E-state index in [9.17, 15) is 9.18 Å². The molecule has 0 saturated heterocycles. The SMILES string of the molecule is CC(=O)N(C)CCOc1ccccc1F. The summed E-state index contributed by atoms with van der Waals surface area (Å²) >= 11 is 0. The zero-order valence-electron chi connectivity index (χ0n) is 8.87. The summed E-state index contributed by atoms with van der Waals surface area (Å²) in [5.74, 6) is -0.204. The minimum atomic E-state index is -0.386. The Bertz CT molecular complexity index is 341. The topological polar surface area (TPSA) is 29.5 Å². The molecule has 0 bridgehead atoms. The van der Waals surface area contributed by atoms with Crippen LogP contribution in [0.1, 0.15) is 6.92 Å². The highest BCUT2D eigenvalue weighted by Crippen LogP contribution is 2.14. The van der Waals surface area contributed by atoms with Crippen molar-refractivity contribution in [3.05, 3.63) is 30.1 Å². The second-order valence-electron chi connectivity index (χ2n) is 3.22. The summed E-state index contributed by atoms with van der Waals surface area (Å²) in [5, 5.41) is 0. The van der Waals surface area contributed by atoms with Gasteiger partial charge in [0.05, 0.1) is 6.54 Å². The monoisotopic (exact) mass is 211 g/mol. The Labute approximate surface area is 88.5 Å². The Morgan fingerprint density at radius 1 is 1.47 bits per heavy atom. The smallest absolute Gasteiger partial charge is 0.219 e. The molecular weight excluding hydrogens is 197 g/mol.